The average molecular weight is 289 g/mol. The largest absolute Gasteiger partial charge is 0.392 e. The highest BCUT2D eigenvalue weighted by Crippen LogP contribution is 2.20. The van der Waals surface area contributed by atoms with Crippen molar-refractivity contribution in [2.75, 3.05) is 13.2 Å². The topological polar surface area (TPSA) is 104 Å². The third-order valence-corrected chi connectivity index (χ3v) is 4.64. The second-order valence-corrected chi connectivity index (χ2v) is 6.26. The van der Waals surface area contributed by atoms with Gasteiger partial charge in [0.2, 0.25) is 0 Å². The number of rotatable bonds is 7. The second-order valence-electron chi connectivity index (χ2n) is 4.56. The van der Waals surface area contributed by atoms with E-state index in [0.29, 0.717) is 6.61 Å². The van der Waals surface area contributed by atoms with Crippen molar-refractivity contribution in [3.63, 3.8) is 0 Å². The van der Waals surface area contributed by atoms with Gasteiger partial charge < -0.3 is 9.84 Å². The van der Waals surface area contributed by atoms with Gasteiger partial charge in [-0.15, -0.1) is 0 Å². The number of ether oxygens (including phenoxy) is 1. The van der Waals surface area contributed by atoms with Crippen molar-refractivity contribution in [3.05, 3.63) is 11.8 Å². The van der Waals surface area contributed by atoms with Crippen LogP contribution in [0.3, 0.4) is 0 Å². The van der Waals surface area contributed by atoms with Crippen molar-refractivity contribution in [2.45, 2.75) is 43.4 Å². The fourth-order valence-electron chi connectivity index (χ4n) is 2.17. The highest BCUT2D eigenvalue weighted by atomic mass is 32.2. The maximum atomic E-state index is 11.9. The van der Waals surface area contributed by atoms with Gasteiger partial charge in [-0.25, -0.2) is 13.1 Å². The Balaban J connectivity index is 1.81. The summed E-state index contributed by atoms with van der Waals surface area (Å²) >= 11 is 0. The lowest BCUT2D eigenvalue weighted by atomic mass is 10.3. The first-order valence-corrected chi connectivity index (χ1v) is 7.86. The monoisotopic (exact) mass is 289 g/mol. The molecular formula is C11H19N3O4S. The third kappa shape index (κ3) is 3.75. The van der Waals surface area contributed by atoms with Gasteiger partial charge in [-0.3, -0.25) is 5.10 Å². The molecule has 0 spiro atoms. The smallest absolute Gasteiger partial charge is 0.257 e. The zero-order valence-electron chi connectivity index (χ0n) is 10.6. The van der Waals surface area contributed by atoms with Crippen LogP contribution in [0.5, 0.6) is 0 Å². The van der Waals surface area contributed by atoms with E-state index in [1.165, 1.54) is 19.0 Å². The molecule has 1 aromatic heterocycles. The number of nitrogens with zero attached hydrogens (tertiary/aromatic N) is 1. The second kappa shape index (κ2) is 6.47. The van der Waals surface area contributed by atoms with Crippen molar-refractivity contribution < 1.29 is 18.3 Å². The minimum Gasteiger partial charge on any atom is -0.392 e. The van der Waals surface area contributed by atoms with E-state index in [1.807, 2.05) is 0 Å². The van der Waals surface area contributed by atoms with Gasteiger partial charge in [0.25, 0.3) is 10.0 Å². The standard InChI is InChI=1S/C11H19N3O4S/c15-8-9-7-12-14-11(9)19(16,17)13-5-6-18-10-3-1-2-4-10/h7,10,13,15H,1-6,8H2,(H,12,14). The SMILES string of the molecule is O=S(=O)(NCCOC1CCCC1)c1[nH]ncc1CO. The number of nitrogens with one attached hydrogen (secondary N) is 2. The average Bonchev–Trinajstić information content (AvgIpc) is 3.05. The molecule has 0 amide bonds. The minimum atomic E-state index is -3.66. The molecule has 8 heteroatoms. The molecule has 0 bridgehead atoms. The Hall–Kier alpha value is -0.960. The van der Waals surface area contributed by atoms with Gasteiger partial charge in [0.05, 0.1) is 25.5 Å². The molecule has 0 atom stereocenters. The normalized spacial score (nSPS) is 17.1. The van der Waals surface area contributed by atoms with E-state index in [0.717, 1.165) is 12.8 Å². The molecule has 108 valence electrons. The lowest BCUT2D eigenvalue weighted by Crippen LogP contribution is -2.29. The summed E-state index contributed by atoms with van der Waals surface area (Å²) in [6.45, 7) is 0.195. The Morgan fingerprint density at radius 2 is 2.21 bits per heavy atom. The van der Waals surface area contributed by atoms with Gasteiger partial charge in [-0.2, -0.15) is 5.10 Å². The van der Waals surface area contributed by atoms with Crippen LogP contribution in [0.1, 0.15) is 31.2 Å². The Bertz CT molecular complexity index is 494. The van der Waals surface area contributed by atoms with Crippen molar-refractivity contribution >= 4 is 10.0 Å². The first-order chi connectivity index (χ1) is 9.13. The molecule has 2 rings (SSSR count). The highest BCUT2D eigenvalue weighted by molar-refractivity contribution is 7.89. The van der Waals surface area contributed by atoms with Crippen LogP contribution >= 0.6 is 0 Å². The van der Waals surface area contributed by atoms with E-state index in [4.69, 9.17) is 9.84 Å². The maximum Gasteiger partial charge on any atom is 0.257 e. The molecule has 0 radical (unpaired) electrons. The van der Waals surface area contributed by atoms with Crippen molar-refractivity contribution in [1.29, 1.82) is 0 Å². The first kappa shape index (κ1) is 14.4. The predicted molar refractivity (Wildman–Crippen MR) is 67.9 cm³/mol. The van der Waals surface area contributed by atoms with Gasteiger partial charge in [0.15, 0.2) is 5.03 Å². The van der Waals surface area contributed by atoms with Gasteiger partial charge in [-0.05, 0) is 12.8 Å². The van der Waals surface area contributed by atoms with Crippen molar-refractivity contribution in [3.8, 4) is 0 Å². The van der Waals surface area contributed by atoms with Crippen molar-refractivity contribution in [1.82, 2.24) is 14.9 Å². The summed E-state index contributed by atoms with van der Waals surface area (Å²) in [6.07, 6.45) is 6.05. The number of aromatic amines is 1. The fourth-order valence-corrected chi connectivity index (χ4v) is 3.31. The summed E-state index contributed by atoms with van der Waals surface area (Å²) < 4.78 is 31.8. The molecule has 1 aliphatic rings. The van der Waals surface area contributed by atoms with Crippen LogP contribution in [0, 0.1) is 0 Å². The van der Waals surface area contributed by atoms with Crippen LogP contribution < -0.4 is 4.72 Å². The maximum absolute atomic E-state index is 11.9. The molecular weight excluding hydrogens is 270 g/mol. The molecule has 1 aromatic rings. The van der Waals surface area contributed by atoms with Crippen LogP contribution in [0.2, 0.25) is 0 Å². The molecule has 0 saturated heterocycles. The van der Waals surface area contributed by atoms with Crippen LogP contribution in [-0.4, -0.2) is 43.0 Å². The zero-order chi connectivity index (χ0) is 13.7. The number of aliphatic hydroxyl groups excluding tert-OH is 1. The molecule has 1 aliphatic carbocycles. The fraction of sp³-hybridized carbons (Fsp3) is 0.727. The zero-order valence-corrected chi connectivity index (χ0v) is 11.4. The highest BCUT2D eigenvalue weighted by Gasteiger charge is 2.20. The van der Waals surface area contributed by atoms with Gasteiger partial charge in [-0.1, -0.05) is 12.8 Å². The minimum absolute atomic E-state index is 0.0872. The summed E-state index contributed by atoms with van der Waals surface area (Å²) in [5.74, 6) is 0. The molecule has 0 aromatic carbocycles. The van der Waals surface area contributed by atoms with Crippen LogP contribution in [-0.2, 0) is 21.4 Å². The van der Waals surface area contributed by atoms with Gasteiger partial charge in [0.1, 0.15) is 0 Å². The van der Waals surface area contributed by atoms with E-state index in [1.54, 1.807) is 0 Å². The van der Waals surface area contributed by atoms with E-state index in [2.05, 4.69) is 14.9 Å². The quantitative estimate of drug-likeness (QED) is 0.619. The van der Waals surface area contributed by atoms with Crippen LogP contribution in [0.4, 0.5) is 0 Å². The van der Waals surface area contributed by atoms with E-state index in [-0.39, 0.29) is 29.8 Å². The lowest BCUT2D eigenvalue weighted by molar-refractivity contribution is 0.0626. The van der Waals surface area contributed by atoms with Crippen LogP contribution in [0.15, 0.2) is 11.2 Å². The van der Waals surface area contributed by atoms with Gasteiger partial charge in [0, 0.05) is 12.1 Å². The molecule has 1 fully saturated rings. The van der Waals surface area contributed by atoms with Gasteiger partial charge >= 0.3 is 0 Å². The number of hydrogen-bond acceptors (Lipinski definition) is 5. The Labute approximate surface area is 112 Å². The number of aliphatic hydroxyl groups is 1. The number of hydrogen-bond donors (Lipinski definition) is 3. The lowest BCUT2D eigenvalue weighted by Gasteiger charge is -2.11. The summed E-state index contributed by atoms with van der Waals surface area (Å²) in [5, 5.41) is 14.9. The summed E-state index contributed by atoms with van der Waals surface area (Å²) in [7, 11) is -3.66. The van der Waals surface area contributed by atoms with Crippen LogP contribution in [0.25, 0.3) is 0 Å². The first-order valence-electron chi connectivity index (χ1n) is 6.38. The van der Waals surface area contributed by atoms with E-state index >= 15 is 0 Å². The Kier molecular flexibility index (Phi) is 4.92. The predicted octanol–water partition coefficient (Wildman–Crippen LogP) is 0.139. The number of H-pyrrole nitrogens is 1. The third-order valence-electron chi connectivity index (χ3n) is 3.17. The Morgan fingerprint density at radius 1 is 1.47 bits per heavy atom. The number of aromatic nitrogens is 2. The summed E-state index contributed by atoms with van der Waals surface area (Å²) in [5.41, 5.74) is 0.254. The van der Waals surface area contributed by atoms with E-state index < -0.39 is 10.0 Å². The molecule has 3 N–H and O–H groups in total. The molecule has 1 saturated carbocycles. The van der Waals surface area contributed by atoms with Crippen molar-refractivity contribution in [2.24, 2.45) is 0 Å². The summed E-state index contributed by atoms with van der Waals surface area (Å²) in [6, 6.07) is 0. The Morgan fingerprint density at radius 3 is 2.89 bits per heavy atom. The molecule has 7 nitrogen and oxygen atoms in total. The number of sulfonamides is 1. The molecule has 0 unspecified atom stereocenters. The molecule has 0 aliphatic heterocycles. The molecule has 19 heavy (non-hydrogen) atoms. The van der Waals surface area contributed by atoms with E-state index in [9.17, 15) is 8.42 Å². The summed E-state index contributed by atoms with van der Waals surface area (Å²) in [4.78, 5) is 0. The molecule has 1 heterocycles.